The maximum absolute atomic E-state index is 14.3. The Morgan fingerprint density at radius 1 is 0.852 bits per heavy atom. The number of anilines is 1. The molecule has 2 N–H and O–H groups in total. The van der Waals surface area contributed by atoms with Gasteiger partial charge in [-0.3, -0.25) is 18.9 Å². The van der Waals surface area contributed by atoms with Gasteiger partial charge in [-0.25, -0.2) is 9.78 Å². The van der Waals surface area contributed by atoms with Crippen LogP contribution < -0.4 is 30.5 Å². The molecule has 3 aromatic carbocycles. The molecule has 1 fully saturated rings. The maximum Gasteiger partial charge on any atom is 0.333 e. The van der Waals surface area contributed by atoms with Gasteiger partial charge >= 0.3 is 5.69 Å². The van der Waals surface area contributed by atoms with Crippen molar-refractivity contribution < 1.29 is 19.0 Å². The third kappa shape index (κ3) is 8.21. The predicted octanol–water partition coefficient (Wildman–Crippen LogP) is 7.74. The molecule has 12 heteroatoms. The average Bonchev–Trinajstić information content (AvgIpc) is 3.48. The van der Waals surface area contributed by atoms with Crippen LogP contribution in [-0.2, 0) is 19.7 Å². The number of rotatable bonds is 13. The van der Waals surface area contributed by atoms with Crippen molar-refractivity contribution in [1.29, 1.82) is 0 Å². The van der Waals surface area contributed by atoms with Gasteiger partial charge in [-0.1, -0.05) is 48.0 Å². The third-order valence-corrected chi connectivity index (χ3v) is 10.2. The normalized spacial score (nSPS) is 15.5. The molecular weight excluding hydrogens is 704 g/mol. The van der Waals surface area contributed by atoms with Crippen molar-refractivity contribution in [3.63, 3.8) is 0 Å². The third-order valence-electron chi connectivity index (χ3n) is 10.0. The summed E-state index contributed by atoms with van der Waals surface area (Å²) in [6.07, 6.45) is 6.65. The van der Waals surface area contributed by atoms with Gasteiger partial charge in [0.05, 0.1) is 53.4 Å². The summed E-state index contributed by atoms with van der Waals surface area (Å²) >= 11 is 6.11. The van der Waals surface area contributed by atoms with E-state index in [1.54, 1.807) is 44.2 Å². The van der Waals surface area contributed by atoms with Gasteiger partial charge in [0.1, 0.15) is 18.1 Å². The van der Waals surface area contributed by atoms with E-state index >= 15 is 0 Å². The first kappa shape index (κ1) is 36.5. The zero-order valence-electron chi connectivity index (χ0n) is 30.6. The lowest BCUT2D eigenvalue weighted by atomic mass is 9.85. The number of benzene rings is 3. The van der Waals surface area contributed by atoms with Crippen molar-refractivity contribution in [2.24, 2.45) is 5.92 Å². The Kier molecular flexibility index (Phi) is 11.1. The van der Waals surface area contributed by atoms with Gasteiger partial charge in [0, 0.05) is 31.4 Å². The number of fused-ring (bicyclic) bond motifs is 1. The zero-order valence-corrected chi connectivity index (χ0v) is 31.3. The maximum atomic E-state index is 14.3. The van der Waals surface area contributed by atoms with Crippen LogP contribution in [0, 0.1) is 12.8 Å². The number of halogens is 1. The molecule has 1 aliphatic rings. The van der Waals surface area contributed by atoms with Gasteiger partial charge in [0.25, 0.3) is 5.91 Å². The van der Waals surface area contributed by atoms with Crippen LogP contribution in [0.2, 0.25) is 5.02 Å². The molecule has 278 valence electrons. The lowest BCUT2D eigenvalue weighted by Gasteiger charge is -2.29. The summed E-state index contributed by atoms with van der Waals surface area (Å²) in [6.45, 7) is 3.18. The molecule has 0 radical (unpaired) electrons. The van der Waals surface area contributed by atoms with Gasteiger partial charge < -0.3 is 24.8 Å². The molecule has 7 rings (SSSR count). The number of carbonyl (C=O) groups is 1. The van der Waals surface area contributed by atoms with Crippen molar-refractivity contribution in [3.05, 3.63) is 135 Å². The molecule has 0 saturated heterocycles. The van der Waals surface area contributed by atoms with Crippen LogP contribution in [0.15, 0.2) is 102 Å². The lowest BCUT2D eigenvalue weighted by Crippen LogP contribution is -2.39. The van der Waals surface area contributed by atoms with Crippen molar-refractivity contribution in [2.75, 3.05) is 19.5 Å². The van der Waals surface area contributed by atoms with E-state index in [0.29, 0.717) is 53.2 Å². The van der Waals surface area contributed by atoms with Gasteiger partial charge in [0.2, 0.25) is 0 Å². The van der Waals surface area contributed by atoms with Crippen LogP contribution in [-0.4, -0.2) is 45.3 Å². The number of aryl methyl sites for hydroxylation is 1. The monoisotopic (exact) mass is 746 g/mol. The Balaban J connectivity index is 1.11. The highest BCUT2D eigenvalue weighted by Crippen LogP contribution is 2.31. The number of imidazole rings is 1. The van der Waals surface area contributed by atoms with Crippen LogP contribution in [0.4, 0.5) is 5.82 Å². The van der Waals surface area contributed by atoms with Gasteiger partial charge in [0.15, 0.2) is 11.6 Å². The lowest BCUT2D eigenvalue weighted by molar-refractivity contribution is 0.0919. The SMILES string of the molecule is COc1ccc(CNc2ncc(-n3c(=O)n(C[C@H]4CC[C@H](NC(=O)c5cc(Cl)cnc5C)CC4)c4ccccc43)cc2OCc2ccc(OC)cc2)cc1. The number of hydrogen-bond donors (Lipinski definition) is 2. The fourth-order valence-corrected chi connectivity index (χ4v) is 7.15. The van der Waals surface area contributed by atoms with E-state index in [1.165, 1.54) is 0 Å². The first-order valence-corrected chi connectivity index (χ1v) is 18.4. The molecule has 6 aromatic rings. The van der Waals surface area contributed by atoms with Gasteiger partial charge in [-0.15, -0.1) is 0 Å². The van der Waals surface area contributed by atoms with Crippen molar-refractivity contribution >= 4 is 34.4 Å². The molecule has 11 nitrogen and oxygen atoms in total. The first-order valence-electron chi connectivity index (χ1n) is 18.1. The molecule has 1 amide bonds. The minimum Gasteiger partial charge on any atom is -0.497 e. The number of pyridine rings is 2. The van der Waals surface area contributed by atoms with E-state index in [0.717, 1.165) is 59.3 Å². The number of ether oxygens (including phenoxy) is 3. The Morgan fingerprint density at radius 2 is 1.52 bits per heavy atom. The van der Waals surface area contributed by atoms with Crippen LogP contribution in [0.25, 0.3) is 16.7 Å². The number of methoxy groups -OCH3 is 2. The molecule has 0 atom stereocenters. The van der Waals surface area contributed by atoms with E-state index in [1.807, 2.05) is 83.4 Å². The number of para-hydroxylation sites is 2. The second-order valence-electron chi connectivity index (χ2n) is 13.6. The fraction of sp³-hybridized carbons (Fsp3) is 0.286. The summed E-state index contributed by atoms with van der Waals surface area (Å²) in [7, 11) is 3.28. The minimum absolute atomic E-state index is 0.0458. The van der Waals surface area contributed by atoms with Crippen LogP contribution in [0.3, 0.4) is 0 Å². The molecule has 3 heterocycles. The Bertz CT molecular complexity index is 2300. The molecule has 0 bridgehead atoms. The van der Waals surface area contributed by atoms with Gasteiger partial charge in [-0.05, 0) is 92.1 Å². The highest BCUT2D eigenvalue weighted by Gasteiger charge is 2.26. The number of nitrogens with one attached hydrogen (secondary N) is 2. The van der Waals surface area contributed by atoms with Crippen LogP contribution >= 0.6 is 11.6 Å². The first-order chi connectivity index (χ1) is 26.3. The van der Waals surface area contributed by atoms with Crippen LogP contribution in [0.1, 0.15) is 52.9 Å². The zero-order chi connectivity index (χ0) is 37.6. The Hall–Kier alpha value is -5.81. The second kappa shape index (κ2) is 16.5. The molecule has 0 spiro atoms. The molecule has 1 aliphatic carbocycles. The second-order valence-corrected chi connectivity index (χ2v) is 14.0. The van der Waals surface area contributed by atoms with E-state index in [4.69, 9.17) is 30.8 Å². The summed E-state index contributed by atoms with van der Waals surface area (Å²) in [6, 6.07) is 26.9. The Labute approximate surface area is 318 Å². The highest BCUT2D eigenvalue weighted by molar-refractivity contribution is 6.30. The smallest absolute Gasteiger partial charge is 0.333 e. The fourth-order valence-electron chi connectivity index (χ4n) is 6.99. The number of aromatic nitrogens is 4. The van der Waals surface area contributed by atoms with E-state index < -0.39 is 0 Å². The summed E-state index contributed by atoms with van der Waals surface area (Å²) < 4.78 is 20.6. The van der Waals surface area contributed by atoms with Crippen molar-refractivity contribution in [3.8, 4) is 22.9 Å². The van der Waals surface area contributed by atoms with Crippen LogP contribution in [0.5, 0.6) is 17.2 Å². The molecule has 1 saturated carbocycles. The van der Waals surface area contributed by atoms with Crippen molar-refractivity contribution in [2.45, 2.75) is 58.3 Å². The molecule has 0 aliphatic heterocycles. The number of nitrogens with zero attached hydrogens (tertiary/aromatic N) is 4. The largest absolute Gasteiger partial charge is 0.497 e. The summed E-state index contributed by atoms with van der Waals surface area (Å²) in [5.74, 6) is 2.74. The Morgan fingerprint density at radius 3 is 2.20 bits per heavy atom. The summed E-state index contributed by atoms with van der Waals surface area (Å²) in [5, 5.41) is 7.02. The average molecular weight is 747 g/mol. The van der Waals surface area contributed by atoms with E-state index in [9.17, 15) is 9.59 Å². The minimum atomic E-state index is -0.159. The molecule has 3 aromatic heterocycles. The molecule has 0 unspecified atom stereocenters. The highest BCUT2D eigenvalue weighted by atomic mass is 35.5. The quantitative estimate of drug-likeness (QED) is 0.123. The van der Waals surface area contributed by atoms with E-state index in [-0.39, 0.29) is 23.6 Å². The standard InChI is InChI=1S/C42H43ClN6O5/c1-27-36(20-31(43)23-44-27)41(50)47-32-14-8-29(9-15-32)25-48-37-6-4-5-7-38(37)49(42(48)51)33-21-39(54-26-30-12-18-35(53-3)19-13-30)40(46-24-33)45-22-28-10-16-34(52-2)17-11-28/h4-7,10-13,16-21,23-24,29,32H,8-9,14-15,22,25-26H2,1-3H3,(H,45,46)(H,47,50)/t29-,32-. The van der Waals surface area contributed by atoms with E-state index in [2.05, 4.69) is 15.6 Å². The molecule has 54 heavy (non-hydrogen) atoms. The number of hydrogen-bond acceptors (Lipinski definition) is 8. The summed E-state index contributed by atoms with van der Waals surface area (Å²) in [4.78, 5) is 36.3. The summed E-state index contributed by atoms with van der Waals surface area (Å²) in [5.41, 5.74) is 5.25. The predicted molar refractivity (Wildman–Crippen MR) is 210 cm³/mol. The molecular formula is C42H43ClN6O5. The van der Waals surface area contributed by atoms with Crippen molar-refractivity contribution in [1.82, 2.24) is 24.4 Å². The topological polar surface area (TPSA) is 122 Å². The number of carbonyl (C=O) groups excluding carboxylic acids is 1. The number of amides is 1. The van der Waals surface area contributed by atoms with Gasteiger partial charge in [-0.2, -0.15) is 0 Å².